The quantitative estimate of drug-likeness (QED) is 0.809. The monoisotopic (exact) mass is 268 g/mol. The largest absolute Gasteiger partial charge is 0.350 e. The van der Waals surface area contributed by atoms with Crippen LogP contribution >= 0.6 is 0 Å². The lowest BCUT2D eigenvalue weighted by Crippen LogP contribution is -2.33. The molecular weight excluding hydrogens is 248 g/mol. The summed E-state index contributed by atoms with van der Waals surface area (Å²) in [5, 5.41) is 2.89. The molecule has 2 atom stereocenters. The Morgan fingerprint density at radius 3 is 2.83 bits per heavy atom. The van der Waals surface area contributed by atoms with Crippen molar-refractivity contribution in [2.75, 3.05) is 12.0 Å². The van der Waals surface area contributed by atoms with Gasteiger partial charge in [0.05, 0.1) is 0 Å². The normalized spacial score (nSPS) is 13.9. The molecule has 0 aromatic heterocycles. The molecule has 0 fully saturated rings. The van der Waals surface area contributed by atoms with Crippen molar-refractivity contribution in [3.05, 3.63) is 35.4 Å². The molecule has 0 spiro atoms. The molecule has 0 aliphatic heterocycles. The Balaban J connectivity index is 2.56. The van der Waals surface area contributed by atoms with E-state index in [-0.39, 0.29) is 11.9 Å². The lowest BCUT2D eigenvalue weighted by molar-refractivity contribution is 0.0939. The fraction of sp³-hybridized carbons (Fsp3) is 0.462. The van der Waals surface area contributed by atoms with Crippen LogP contribution in [0.5, 0.6) is 0 Å². The summed E-state index contributed by atoms with van der Waals surface area (Å²) in [6.45, 7) is 2.34. The number of hydrogen-bond donors (Lipinski definition) is 2. The summed E-state index contributed by atoms with van der Waals surface area (Å²) >= 11 is 0. The summed E-state index contributed by atoms with van der Waals surface area (Å²) in [6.07, 6.45) is 2.38. The molecule has 1 aromatic carbocycles. The third-order valence-corrected chi connectivity index (χ3v) is 3.45. The molecule has 1 aromatic rings. The highest BCUT2D eigenvalue weighted by Gasteiger charge is 2.10. The van der Waals surface area contributed by atoms with E-state index in [1.807, 2.05) is 19.1 Å². The number of carbonyl (C=O) groups excluding carboxylic acids is 1. The first-order valence-corrected chi connectivity index (χ1v) is 7.65. The first-order valence-electron chi connectivity index (χ1n) is 5.93. The van der Waals surface area contributed by atoms with Gasteiger partial charge < -0.3 is 11.1 Å². The lowest BCUT2D eigenvalue weighted by Gasteiger charge is -2.13. The van der Waals surface area contributed by atoms with Gasteiger partial charge in [0.2, 0.25) is 0 Å². The van der Waals surface area contributed by atoms with E-state index in [0.717, 1.165) is 5.56 Å². The fourth-order valence-corrected chi connectivity index (χ4v) is 2.25. The van der Waals surface area contributed by atoms with Gasteiger partial charge in [-0.15, -0.1) is 0 Å². The van der Waals surface area contributed by atoms with Crippen LogP contribution in [-0.2, 0) is 17.3 Å². The fourth-order valence-electron chi connectivity index (χ4n) is 1.56. The highest BCUT2D eigenvalue weighted by molar-refractivity contribution is 7.84. The van der Waals surface area contributed by atoms with E-state index in [4.69, 9.17) is 5.73 Å². The number of nitrogens with one attached hydrogen (secondary N) is 1. The molecule has 100 valence electrons. The average Bonchev–Trinajstić information content (AvgIpc) is 2.36. The standard InChI is InChI=1S/C13H20N2O2S/c1-10(6-7-18(2)17)15-13(16)12-5-3-4-11(8-12)9-14/h3-5,8,10H,6-7,9,14H2,1-2H3,(H,15,16). The average molecular weight is 268 g/mol. The van der Waals surface area contributed by atoms with Crippen LogP contribution in [0.4, 0.5) is 0 Å². The summed E-state index contributed by atoms with van der Waals surface area (Å²) < 4.78 is 11.0. The van der Waals surface area contributed by atoms with Crippen LogP contribution in [0.1, 0.15) is 29.3 Å². The van der Waals surface area contributed by atoms with Crippen LogP contribution in [0.15, 0.2) is 24.3 Å². The van der Waals surface area contributed by atoms with Crippen molar-refractivity contribution in [3.8, 4) is 0 Å². The zero-order chi connectivity index (χ0) is 13.5. The molecule has 0 radical (unpaired) electrons. The summed E-state index contributed by atoms with van der Waals surface area (Å²) in [6, 6.07) is 7.28. The van der Waals surface area contributed by atoms with E-state index in [2.05, 4.69) is 5.32 Å². The second kappa shape index (κ2) is 7.28. The summed E-state index contributed by atoms with van der Waals surface area (Å²) in [4.78, 5) is 11.9. The Kier molecular flexibility index (Phi) is 6.01. The molecular formula is C13H20N2O2S. The smallest absolute Gasteiger partial charge is 0.251 e. The van der Waals surface area contributed by atoms with Gasteiger partial charge in [-0.2, -0.15) is 0 Å². The molecule has 0 heterocycles. The molecule has 0 bridgehead atoms. The zero-order valence-electron chi connectivity index (χ0n) is 10.8. The predicted octanol–water partition coefficient (Wildman–Crippen LogP) is 1.03. The summed E-state index contributed by atoms with van der Waals surface area (Å²) in [5.74, 6) is 0.490. The molecule has 1 rings (SSSR count). The minimum atomic E-state index is -0.818. The van der Waals surface area contributed by atoms with Gasteiger partial charge in [-0.3, -0.25) is 9.00 Å². The molecule has 1 amide bonds. The molecule has 0 aliphatic rings. The van der Waals surface area contributed by atoms with Gasteiger partial charge in [0.15, 0.2) is 0 Å². The molecule has 18 heavy (non-hydrogen) atoms. The Labute approximate surface area is 110 Å². The number of rotatable bonds is 6. The van der Waals surface area contributed by atoms with Gasteiger partial charge in [-0.25, -0.2) is 0 Å². The van der Waals surface area contributed by atoms with Crippen molar-refractivity contribution in [1.29, 1.82) is 0 Å². The number of hydrogen-bond acceptors (Lipinski definition) is 3. The van der Waals surface area contributed by atoms with Crippen molar-refractivity contribution in [2.24, 2.45) is 5.73 Å². The molecule has 3 N–H and O–H groups in total. The summed E-state index contributed by atoms with van der Waals surface area (Å²) in [7, 11) is -0.818. The van der Waals surface area contributed by atoms with Crippen molar-refractivity contribution < 1.29 is 9.00 Å². The second-order valence-corrected chi connectivity index (χ2v) is 5.90. The van der Waals surface area contributed by atoms with E-state index < -0.39 is 10.8 Å². The first-order chi connectivity index (χ1) is 8.52. The van der Waals surface area contributed by atoms with Gasteiger partial charge in [-0.05, 0) is 31.0 Å². The van der Waals surface area contributed by atoms with Crippen molar-refractivity contribution in [3.63, 3.8) is 0 Å². The number of carbonyl (C=O) groups is 1. The molecule has 0 aliphatic carbocycles. The SMILES string of the molecule is CC(CCS(C)=O)NC(=O)c1cccc(CN)c1. The van der Waals surface area contributed by atoms with Crippen LogP contribution in [0.2, 0.25) is 0 Å². The van der Waals surface area contributed by atoms with E-state index in [1.54, 1.807) is 18.4 Å². The molecule has 2 unspecified atom stereocenters. The minimum Gasteiger partial charge on any atom is -0.350 e. The van der Waals surface area contributed by atoms with Gasteiger partial charge in [0, 0.05) is 41.0 Å². The maximum atomic E-state index is 11.9. The van der Waals surface area contributed by atoms with Crippen molar-refractivity contribution in [2.45, 2.75) is 25.9 Å². The lowest BCUT2D eigenvalue weighted by atomic mass is 10.1. The van der Waals surface area contributed by atoms with Crippen molar-refractivity contribution in [1.82, 2.24) is 5.32 Å². The topological polar surface area (TPSA) is 72.2 Å². The van der Waals surface area contributed by atoms with Crippen LogP contribution < -0.4 is 11.1 Å². The Hall–Kier alpha value is -1.20. The predicted molar refractivity (Wildman–Crippen MR) is 74.8 cm³/mol. The third-order valence-electron chi connectivity index (χ3n) is 2.64. The Morgan fingerprint density at radius 2 is 2.22 bits per heavy atom. The third kappa shape index (κ3) is 4.98. The Bertz CT molecular complexity index is 435. The highest BCUT2D eigenvalue weighted by Crippen LogP contribution is 2.05. The maximum Gasteiger partial charge on any atom is 0.251 e. The van der Waals surface area contributed by atoms with Crippen LogP contribution in [-0.4, -0.2) is 28.2 Å². The van der Waals surface area contributed by atoms with Crippen LogP contribution in [0.3, 0.4) is 0 Å². The summed E-state index contributed by atoms with van der Waals surface area (Å²) in [5.41, 5.74) is 7.08. The molecule has 0 saturated heterocycles. The van der Waals surface area contributed by atoms with Crippen LogP contribution in [0, 0.1) is 0 Å². The first kappa shape index (κ1) is 14.9. The Morgan fingerprint density at radius 1 is 1.50 bits per heavy atom. The molecule has 5 heteroatoms. The van der Waals surface area contributed by atoms with E-state index in [9.17, 15) is 9.00 Å². The van der Waals surface area contributed by atoms with Crippen molar-refractivity contribution >= 4 is 16.7 Å². The molecule has 0 saturated carbocycles. The zero-order valence-corrected chi connectivity index (χ0v) is 11.6. The molecule has 4 nitrogen and oxygen atoms in total. The highest BCUT2D eigenvalue weighted by atomic mass is 32.2. The van der Waals surface area contributed by atoms with E-state index >= 15 is 0 Å². The number of benzene rings is 1. The second-order valence-electron chi connectivity index (χ2n) is 4.35. The van der Waals surface area contributed by atoms with E-state index in [1.165, 1.54) is 0 Å². The minimum absolute atomic E-state index is 0.0166. The van der Waals surface area contributed by atoms with Gasteiger partial charge >= 0.3 is 0 Å². The number of nitrogens with two attached hydrogens (primary N) is 1. The number of amides is 1. The maximum absolute atomic E-state index is 11.9. The van der Waals surface area contributed by atoms with Gasteiger partial charge in [0.1, 0.15) is 0 Å². The van der Waals surface area contributed by atoms with E-state index in [0.29, 0.717) is 24.3 Å². The van der Waals surface area contributed by atoms with Gasteiger partial charge in [-0.1, -0.05) is 12.1 Å². The van der Waals surface area contributed by atoms with Gasteiger partial charge in [0.25, 0.3) is 5.91 Å². The van der Waals surface area contributed by atoms with Crippen LogP contribution in [0.25, 0.3) is 0 Å².